The molecule has 0 fully saturated rings. The van der Waals surface area contributed by atoms with E-state index in [1.165, 1.54) is 289 Å². The van der Waals surface area contributed by atoms with Gasteiger partial charge in [-0.1, -0.05) is 331 Å². The molecule has 0 saturated carbocycles. The van der Waals surface area contributed by atoms with Crippen molar-refractivity contribution in [3.8, 4) is 0 Å². The maximum atomic E-state index is 12.5. The molecule has 1 amide bonds. The molecule has 3 N–H and O–H groups in total. The molecule has 0 spiro atoms. The first kappa shape index (κ1) is 77.6. The number of aliphatic hydroxyl groups is 2. The lowest BCUT2D eigenvalue weighted by atomic mass is 10.0. The van der Waals surface area contributed by atoms with Gasteiger partial charge in [0.25, 0.3) is 0 Å². The lowest BCUT2D eigenvalue weighted by Crippen LogP contribution is -2.45. The highest BCUT2D eigenvalue weighted by molar-refractivity contribution is 5.76. The number of ether oxygens (including phenoxy) is 1. The molecule has 0 aromatic carbocycles. The van der Waals surface area contributed by atoms with Crippen LogP contribution in [-0.4, -0.2) is 47.4 Å². The van der Waals surface area contributed by atoms with Gasteiger partial charge in [-0.3, -0.25) is 9.59 Å². The van der Waals surface area contributed by atoms with E-state index in [0.29, 0.717) is 19.4 Å². The van der Waals surface area contributed by atoms with E-state index < -0.39 is 12.1 Å². The average molecular weight is 1120 g/mol. The number of allylic oxidation sites excluding steroid dienone is 9. The molecule has 0 aromatic rings. The van der Waals surface area contributed by atoms with Crippen LogP contribution < -0.4 is 5.32 Å². The van der Waals surface area contributed by atoms with Gasteiger partial charge in [-0.15, -0.1) is 0 Å². The van der Waals surface area contributed by atoms with E-state index in [1.54, 1.807) is 6.08 Å². The number of nitrogens with one attached hydrogen (secondary N) is 1. The molecule has 0 radical (unpaired) electrons. The number of unbranched alkanes of at least 4 members (excludes halogenated alkanes) is 47. The van der Waals surface area contributed by atoms with Gasteiger partial charge in [0.1, 0.15) is 0 Å². The molecule has 6 nitrogen and oxygen atoms in total. The number of amides is 1. The predicted octanol–water partition coefficient (Wildman–Crippen LogP) is 23.0. The van der Waals surface area contributed by atoms with Gasteiger partial charge in [0.2, 0.25) is 5.91 Å². The summed E-state index contributed by atoms with van der Waals surface area (Å²) in [6.07, 6.45) is 91.6. The first-order valence-electron chi connectivity index (χ1n) is 35.6. The van der Waals surface area contributed by atoms with Crippen molar-refractivity contribution in [3.63, 3.8) is 0 Å². The Hall–Kier alpha value is -2.44. The van der Waals surface area contributed by atoms with E-state index in [4.69, 9.17) is 4.74 Å². The zero-order valence-corrected chi connectivity index (χ0v) is 53.6. The quantitative estimate of drug-likeness (QED) is 0.0320. The second kappa shape index (κ2) is 69.1. The minimum Gasteiger partial charge on any atom is -0.466 e. The molecule has 0 aliphatic carbocycles. The number of esters is 1. The first-order valence-corrected chi connectivity index (χ1v) is 35.6. The second-order valence-corrected chi connectivity index (χ2v) is 24.2. The summed E-state index contributed by atoms with van der Waals surface area (Å²) < 4.78 is 5.47. The third-order valence-electron chi connectivity index (χ3n) is 16.2. The minimum atomic E-state index is -0.847. The largest absolute Gasteiger partial charge is 0.466 e. The van der Waals surface area contributed by atoms with Gasteiger partial charge in [-0.25, -0.2) is 0 Å². The SMILES string of the molecule is CCC/C=C\C/C=C\CCCCCCCC(=O)OCCCCCCCCCCC/C=C\C/C=C\CCCCCCCCCCCCCCCC(=O)NC(CO)C(O)/C=C/CCCCCCCCCCCCCCCCCCCCC. The van der Waals surface area contributed by atoms with E-state index in [9.17, 15) is 19.8 Å². The van der Waals surface area contributed by atoms with Gasteiger partial charge in [0, 0.05) is 12.8 Å². The highest BCUT2D eigenvalue weighted by atomic mass is 16.5. The molecule has 2 unspecified atom stereocenters. The molecular formula is C74H137NO5. The Kier molecular flexibility index (Phi) is 66.9. The molecule has 6 heteroatoms. The maximum absolute atomic E-state index is 12.5. The van der Waals surface area contributed by atoms with Gasteiger partial charge in [-0.05, 0) is 89.9 Å². The monoisotopic (exact) mass is 1120 g/mol. The van der Waals surface area contributed by atoms with Crippen LogP contribution in [0.1, 0.15) is 373 Å². The zero-order chi connectivity index (χ0) is 57.8. The number of hydrogen-bond donors (Lipinski definition) is 3. The Morgan fingerprint density at radius 3 is 1.00 bits per heavy atom. The van der Waals surface area contributed by atoms with Crippen LogP contribution in [0.5, 0.6) is 0 Å². The molecule has 80 heavy (non-hydrogen) atoms. The zero-order valence-electron chi connectivity index (χ0n) is 53.6. The molecule has 0 saturated heterocycles. The topological polar surface area (TPSA) is 95.9 Å². The Labute approximate surface area is 499 Å². The van der Waals surface area contributed by atoms with E-state index >= 15 is 0 Å². The van der Waals surface area contributed by atoms with E-state index in [-0.39, 0.29) is 18.5 Å². The smallest absolute Gasteiger partial charge is 0.305 e. The molecule has 0 aromatic heterocycles. The van der Waals surface area contributed by atoms with Gasteiger partial charge in [0.15, 0.2) is 0 Å². The van der Waals surface area contributed by atoms with Crippen molar-refractivity contribution in [2.24, 2.45) is 0 Å². The van der Waals surface area contributed by atoms with Crippen LogP contribution in [0.25, 0.3) is 0 Å². The average Bonchev–Trinajstić information content (AvgIpc) is 3.46. The van der Waals surface area contributed by atoms with Gasteiger partial charge in [0.05, 0.1) is 25.4 Å². The van der Waals surface area contributed by atoms with Gasteiger partial charge < -0.3 is 20.3 Å². The molecular weight excluding hydrogens is 983 g/mol. The van der Waals surface area contributed by atoms with Crippen LogP contribution in [0, 0.1) is 0 Å². The van der Waals surface area contributed by atoms with Gasteiger partial charge >= 0.3 is 5.97 Å². The van der Waals surface area contributed by atoms with E-state index in [0.717, 1.165) is 57.8 Å². The Morgan fingerprint density at radius 2 is 0.650 bits per heavy atom. The van der Waals surface area contributed by atoms with Crippen molar-refractivity contribution in [3.05, 3.63) is 60.8 Å². The summed E-state index contributed by atoms with van der Waals surface area (Å²) in [7, 11) is 0. The molecule has 0 aliphatic rings. The van der Waals surface area contributed by atoms with Crippen molar-refractivity contribution in [1.82, 2.24) is 5.32 Å². The second-order valence-electron chi connectivity index (χ2n) is 24.2. The van der Waals surface area contributed by atoms with Crippen LogP contribution >= 0.6 is 0 Å². The summed E-state index contributed by atoms with van der Waals surface area (Å²) >= 11 is 0. The first-order chi connectivity index (χ1) is 39.5. The van der Waals surface area contributed by atoms with Crippen LogP contribution in [0.15, 0.2) is 60.8 Å². The summed E-state index contributed by atoms with van der Waals surface area (Å²) in [6, 6.07) is -0.631. The summed E-state index contributed by atoms with van der Waals surface area (Å²) in [6.45, 7) is 4.86. The predicted molar refractivity (Wildman–Crippen MR) is 352 cm³/mol. The lowest BCUT2D eigenvalue weighted by molar-refractivity contribution is -0.143. The highest BCUT2D eigenvalue weighted by Crippen LogP contribution is 2.18. The molecule has 0 rings (SSSR count). The number of carbonyl (C=O) groups excluding carboxylic acids is 2. The van der Waals surface area contributed by atoms with Crippen molar-refractivity contribution in [2.45, 2.75) is 386 Å². The normalized spacial score (nSPS) is 12.9. The van der Waals surface area contributed by atoms with Crippen molar-refractivity contribution in [2.75, 3.05) is 13.2 Å². The van der Waals surface area contributed by atoms with Gasteiger partial charge in [-0.2, -0.15) is 0 Å². The number of carbonyl (C=O) groups is 2. The third kappa shape index (κ3) is 64.7. The Bertz CT molecular complexity index is 1380. The van der Waals surface area contributed by atoms with Crippen LogP contribution in [0.4, 0.5) is 0 Å². The summed E-state index contributed by atoms with van der Waals surface area (Å²) in [5, 5.41) is 23.3. The summed E-state index contributed by atoms with van der Waals surface area (Å²) in [5.74, 6) is -0.0701. The number of rotatable bonds is 66. The lowest BCUT2D eigenvalue weighted by Gasteiger charge is -2.20. The third-order valence-corrected chi connectivity index (χ3v) is 16.2. The van der Waals surface area contributed by atoms with Crippen molar-refractivity contribution >= 4 is 11.9 Å². The fraction of sp³-hybridized carbons (Fsp3) is 0.838. The van der Waals surface area contributed by atoms with Crippen LogP contribution in [0.2, 0.25) is 0 Å². The fourth-order valence-electron chi connectivity index (χ4n) is 10.8. The van der Waals surface area contributed by atoms with Crippen LogP contribution in [0.3, 0.4) is 0 Å². The Morgan fingerprint density at radius 1 is 0.350 bits per heavy atom. The number of aliphatic hydroxyl groups excluding tert-OH is 2. The summed E-state index contributed by atoms with van der Waals surface area (Å²) in [4.78, 5) is 24.6. The van der Waals surface area contributed by atoms with E-state index in [1.807, 2.05) is 6.08 Å². The van der Waals surface area contributed by atoms with E-state index in [2.05, 4.69) is 67.8 Å². The van der Waals surface area contributed by atoms with Crippen molar-refractivity contribution in [1.29, 1.82) is 0 Å². The highest BCUT2D eigenvalue weighted by Gasteiger charge is 2.18. The fourth-order valence-corrected chi connectivity index (χ4v) is 10.8. The maximum Gasteiger partial charge on any atom is 0.305 e. The minimum absolute atomic E-state index is 0.00390. The Balaban J connectivity index is 3.44. The standard InChI is InChI=1S/C74H137NO5/c1-3-5-7-9-11-13-15-17-18-19-20-30-33-36-39-43-46-50-54-58-62-66-72(77)71(70-76)75-73(78)67-63-59-55-51-47-44-40-37-34-31-28-26-24-22-21-23-25-27-29-32-35-38-41-45-49-53-57-61-65-69-80-74(79)68-64-60-56-52-48-42-16-14-12-10-8-6-4-2/h8,10,14,16,21,23,27,29,62,66,71-72,76-77H,3-7,9,11-13,15,17-20,22,24-26,28,30-61,63-65,67-70H2,1-2H3,(H,75,78)/b10-8-,16-14-,23-21-,29-27-,66-62+. The molecule has 0 aliphatic heterocycles. The molecule has 0 bridgehead atoms. The molecule has 0 heterocycles. The number of hydrogen-bond acceptors (Lipinski definition) is 5. The molecule has 468 valence electrons. The van der Waals surface area contributed by atoms with Crippen molar-refractivity contribution < 1.29 is 24.5 Å². The summed E-state index contributed by atoms with van der Waals surface area (Å²) in [5.41, 5.74) is 0. The molecule has 2 atom stereocenters. The van der Waals surface area contributed by atoms with Crippen LogP contribution in [-0.2, 0) is 14.3 Å².